The van der Waals surface area contributed by atoms with E-state index in [1.165, 1.54) is 76.8 Å². The summed E-state index contributed by atoms with van der Waals surface area (Å²) < 4.78 is 0. The van der Waals surface area contributed by atoms with Crippen LogP contribution in [-0.4, -0.2) is 15.0 Å². The van der Waals surface area contributed by atoms with E-state index >= 15 is 0 Å². The van der Waals surface area contributed by atoms with Crippen LogP contribution in [0.4, 0.5) is 0 Å². The van der Waals surface area contributed by atoms with Gasteiger partial charge in [-0.1, -0.05) is 184 Å². The number of hydrogen-bond acceptors (Lipinski definition) is 3. The fourth-order valence-corrected chi connectivity index (χ4v) is 9.85. The zero-order valence-corrected chi connectivity index (χ0v) is 33.9. The number of fused-ring (bicyclic) bond motifs is 3. The Balaban J connectivity index is 0.951. The SMILES string of the molecule is CC1(C)c2ccccc2-c2ccc(-c3ccc(-c4nc(-c5ccc(-c6ccc7ccc8cccc9ccc6c7c89)cc5)cc(-c5ccccc5-c5cccnc5)n4)cc3)cc21. The molecule has 3 heteroatoms. The van der Waals surface area contributed by atoms with E-state index in [4.69, 9.17) is 9.97 Å². The molecule has 1 aliphatic carbocycles. The van der Waals surface area contributed by atoms with Gasteiger partial charge in [0.05, 0.1) is 11.4 Å². The molecule has 11 aromatic rings. The highest BCUT2D eigenvalue weighted by atomic mass is 14.9. The maximum Gasteiger partial charge on any atom is 0.160 e. The lowest BCUT2D eigenvalue weighted by Gasteiger charge is -2.22. The molecule has 0 saturated heterocycles. The van der Waals surface area contributed by atoms with Gasteiger partial charge in [-0.3, -0.25) is 4.98 Å². The van der Waals surface area contributed by atoms with Crippen LogP contribution in [0.1, 0.15) is 25.0 Å². The van der Waals surface area contributed by atoms with E-state index in [1.807, 2.05) is 18.5 Å². The quantitative estimate of drug-likeness (QED) is 0.158. The lowest BCUT2D eigenvalue weighted by molar-refractivity contribution is 0.660. The highest BCUT2D eigenvalue weighted by molar-refractivity contribution is 6.25. The fourth-order valence-electron chi connectivity index (χ4n) is 9.85. The minimum atomic E-state index is -0.0567. The van der Waals surface area contributed by atoms with Gasteiger partial charge < -0.3 is 0 Å². The Labute approximate surface area is 355 Å². The minimum Gasteiger partial charge on any atom is -0.264 e. The van der Waals surface area contributed by atoms with Crippen molar-refractivity contribution in [3.63, 3.8) is 0 Å². The van der Waals surface area contributed by atoms with Crippen LogP contribution in [0.3, 0.4) is 0 Å². The van der Waals surface area contributed by atoms with Gasteiger partial charge in [0.25, 0.3) is 0 Å². The van der Waals surface area contributed by atoms with Crippen LogP contribution in [0, 0.1) is 0 Å². The summed E-state index contributed by atoms with van der Waals surface area (Å²) in [5.41, 5.74) is 17.0. The zero-order valence-electron chi connectivity index (χ0n) is 33.9. The Morgan fingerprint density at radius 2 is 0.967 bits per heavy atom. The molecular formula is C58H39N3. The molecule has 0 amide bonds. The summed E-state index contributed by atoms with van der Waals surface area (Å²) in [6, 6.07) is 68.1. The van der Waals surface area contributed by atoms with E-state index in [1.54, 1.807) is 0 Å². The van der Waals surface area contributed by atoms with Gasteiger partial charge in [0, 0.05) is 40.1 Å². The summed E-state index contributed by atoms with van der Waals surface area (Å²) in [5, 5.41) is 7.74. The molecule has 12 rings (SSSR count). The Bertz CT molecular complexity index is 3460. The smallest absolute Gasteiger partial charge is 0.160 e. The van der Waals surface area contributed by atoms with Crippen molar-refractivity contribution in [2.24, 2.45) is 0 Å². The van der Waals surface area contributed by atoms with Crippen LogP contribution in [0.25, 0.3) is 111 Å². The monoisotopic (exact) mass is 777 g/mol. The van der Waals surface area contributed by atoms with Crippen molar-refractivity contribution in [1.29, 1.82) is 0 Å². The molecule has 0 atom stereocenters. The number of nitrogens with zero attached hydrogens (tertiary/aromatic N) is 3. The molecular weight excluding hydrogens is 739 g/mol. The first-order chi connectivity index (χ1) is 30.0. The number of hydrogen-bond donors (Lipinski definition) is 0. The second-order valence-corrected chi connectivity index (χ2v) is 16.8. The normalized spacial score (nSPS) is 12.9. The number of benzene rings is 9. The average molecular weight is 778 g/mol. The van der Waals surface area contributed by atoms with Crippen LogP contribution < -0.4 is 0 Å². The van der Waals surface area contributed by atoms with Gasteiger partial charge in [-0.05, 0) is 101 Å². The first-order valence-electron chi connectivity index (χ1n) is 21.0. The van der Waals surface area contributed by atoms with Crippen molar-refractivity contribution in [1.82, 2.24) is 15.0 Å². The predicted octanol–water partition coefficient (Wildman–Crippen LogP) is 15.1. The molecule has 0 spiro atoms. The van der Waals surface area contributed by atoms with Crippen molar-refractivity contribution in [2.75, 3.05) is 0 Å². The predicted molar refractivity (Wildman–Crippen MR) is 254 cm³/mol. The summed E-state index contributed by atoms with van der Waals surface area (Å²) in [4.78, 5) is 15.0. The molecule has 0 bridgehead atoms. The molecule has 61 heavy (non-hydrogen) atoms. The Morgan fingerprint density at radius 3 is 1.75 bits per heavy atom. The van der Waals surface area contributed by atoms with Crippen molar-refractivity contribution >= 4 is 32.3 Å². The van der Waals surface area contributed by atoms with Crippen LogP contribution in [0.5, 0.6) is 0 Å². The molecule has 0 saturated carbocycles. The Morgan fingerprint density at radius 1 is 0.361 bits per heavy atom. The molecule has 0 N–H and O–H groups in total. The standard InChI is InChI=1S/C58H39N3/c1-58(2)51-15-6-5-13-47(51)48-30-28-43(33-52(48)58)36-16-24-42(25-17-36)57-60-53(34-54(61-57)49-14-4-3-12-45(49)44-11-8-32-59-35-44)38-20-18-37(19-21-38)46-29-26-41-23-22-39-9-7-10-40-27-31-50(46)56(41)55(39)40/h3-35H,1-2H3. The van der Waals surface area contributed by atoms with Crippen molar-refractivity contribution in [3.8, 4) is 78.4 Å². The van der Waals surface area contributed by atoms with Gasteiger partial charge in [-0.2, -0.15) is 0 Å². The minimum absolute atomic E-state index is 0.0567. The molecule has 0 fully saturated rings. The van der Waals surface area contributed by atoms with Crippen LogP contribution >= 0.6 is 0 Å². The summed E-state index contributed by atoms with van der Waals surface area (Å²) in [7, 11) is 0. The first kappa shape index (κ1) is 35.2. The van der Waals surface area contributed by atoms with Crippen molar-refractivity contribution in [3.05, 3.63) is 212 Å². The number of aromatic nitrogens is 3. The van der Waals surface area contributed by atoms with Gasteiger partial charge in [-0.15, -0.1) is 0 Å². The third kappa shape index (κ3) is 5.69. The Kier molecular flexibility index (Phi) is 7.88. The molecule has 1 aliphatic rings. The average Bonchev–Trinajstić information content (AvgIpc) is 3.56. The molecule has 0 radical (unpaired) electrons. The van der Waals surface area contributed by atoms with E-state index in [2.05, 4.69) is 201 Å². The lowest BCUT2D eigenvalue weighted by Crippen LogP contribution is -2.14. The summed E-state index contributed by atoms with van der Waals surface area (Å²) >= 11 is 0. The van der Waals surface area contributed by atoms with E-state index < -0.39 is 0 Å². The van der Waals surface area contributed by atoms with E-state index in [0.717, 1.165) is 39.2 Å². The zero-order chi connectivity index (χ0) is 40.7. The molecule has 0 aliphatic heterocycles. The number of rotatable bonds is 6. The van der Waals surface area contributed by atoms with Gasteiger partial charge in [0.15, 0.2) is 5.82 Å². The Hall–Kier alpha value is -7.75. The van der Waals surface area contributed by atoms with Gasteiger partial charge in [0.2, 0.25) is 0 Å². The second kappa shape index (κ2) is 13.7. The third-order valence-corrected chi connectivity index (χ3v) is 13.0. The highest BCUT2D eigenvalue weighted by Gasteiger charge is 2.35. The molecule has 0 unspecified atom stereocenters. The molecule has 2 aromatic heterocycles. The van der Waals surface area contributed by atoms with Crippen LogP contribution in [0.2, 0.25) is 0 Å². The fraction of sp³-hybridized carbons (Fsp3) is 0.0517. The van der Waals surface area contributed by atoms with Gasteiger partial charge in [-0.25, -0.2) is 9.97 Å². The van der Waals surface area contributed by atoms with Crippen LogP contribution in [-0.2, 0) is 5.41 Å². The van der Waals surface area contributed by atoms with E-state index in [-0.39, 0.29) is 5.41 Å². The maximum absolute atomic E-state index is 5.29. The largest absolute Gasteiger partial charge is 0.264 e. The van der Waals surface area contributed by atoms with Gasteiger partial charge in [0.1, 0.15) is 0 Å². The van der Waals surface area contributed by atoms with Crippen LogP contribution in [0.15, 0.2) is 200 Å². The first-order valence-corrected chi connectivity index (χ1v) is 21.0. The van der Waals surface area contributed by atoms with Crippen molar-refractivity contribution in [2.45, 2.75) is 19.3 Å². The molecule has 286 valence electrons. The van der Waals surface area contributed by atoms with E-state index in [0.29, 0.717) is 5.82 Å². The second-order valence-electron chi connectivity index (χ2n) is 16.8. The summed E-state index contributed by atoms with van der Waals surface area (Å²) in [6.45, 7) is 4.67. The van der Waals surface area contributed by atoms with E-state index in [9.17, 15) is 0 Å². The number of pyridine rings is 1. The maximum atomic E-state index is 5.29. The topological polar surface area (TPSA) is 38.7 Å². The third-order valence-electron chi connectivity index (χ3n) is 13.0. The van der Waals surface area contributed by atoms with Gasteiger partial charge >= 0.3 is 0 Å². The lowest BCUT2D eigenvalue weighted by atomic mass is 9.81. The molecule has 2 heterocycles. The van der Waals surface area contributed by atoms with Crippen molar-refractivity contribution < 1.29 is 0 Å². The molecule has 3 nitrogen and oxygen atoms in total. The summed E-state index contributed by atoms with van der Waals surface area (Å²) in [6.07, 6.45) is 3.72. The summed E-state index contributed by atoms with van der Waals surface area (Å²) in [5.74, 6) is 0.682. The molecule has 9 aromatic carbocycles. The highest BCUT2D eigenvalue weighted by Crippen LogP contribution is 2.49.